The Hall–Kier alpha value is -3.00. The summed E-state index contributed by atoms with van der Waals surface area (Å²) in [4.78, 5) is 0. The van der Waals surface area contributed by atoms with Crippen LogP contribution in [0.15, 0.2) is 83.0 Å². The highest BCUT2D eigenvalue weighted by Crippen LogP contribution is 2.36. The Morgan fingerprint density at radius 2 is 1.17 bits per heavy atom. The van der Waals surface area contributed by atoms with Crippen molar-refractivity contribution in [3.8, 4) is 11.1 Å². The fourth-order valence-corrected chi connectivity index (χ4v) is 3.08. The van der Waals surface area contributed by atoms with Crippen molar-refractivity contribution < 1.29 is 0 Å². The highest BCUT2D eigenvalue weighted by atomic mass is 15.2. The van der Waals surface area contributed by atoms with E-state index in [1.807, 2.05) is 6.92 Å². The molecule has 2 nitrogen and oxygen atoms in total. The third kappa shape index (κ3) is 2.46. The fraction of sp³-hybridized carbons (Fsp3) is 0.0909. The van der Waals surface area contributed by atoms with Crippen molar-refractivity contribution in [2.75, 3.05) is 0 Å². The number of nitrogens with zero attached hydrogens (tertiary/aromatic N) is 2. The smallest absolute Gasteiger partial charge is 0.101 e. The maximum Gasteiger partial charge on any atom is 0.101 e. The zero-order valence-corrected chi connectivity index (χ0v) is 13.8. The predicted molar refractivity (Wildman–Crippen MR) is 101 cm³/mol. The Balaban J connectivity index is 1.80. The van der Waals surface area contributed by atoms with Gasteiger partial charge >= 0.3 is 0 Å². The normalized spacial score (nSPS) is 12.8. The van der Waals surface area contributed by atoms with Gasteiger partial charge in [-0.3, -0.25) is 0 Å². The van der Waals surface area contributed by atoms with Crippen molar-refractivity contribution in [1.29, 1.82) is 0 Å². The molecule has 0 bridgehead atoms. The lowest BCUT2D eigenvalue weighted by Crippen LogP contribution is -1.99. The Kier molecular flexibility index (Phi) is 3.58. The lowest BCUT2D eigenvalue weighted by molar-refractivity contribution is 1.22. The number of benzene rings is 3. The molecule has 0 heterocycles. The summed E-state index contributed by atoms with van der Waals surface area (Å²) in [6, 6.07) is 25.1. The van der Waals surface area contributed by atoms with Gasteiger partial charge in [0.2, 0.25) is 0 Å². The number of fused-ring (bicyclic) bond motifs is 3. The summed E-state index contributed by atoms with van der Waals surface area (Å²) in [6.07, 6.45) is 0. The van der Waals surface area contributed by atoms with Gasteiger partial charge in [0, 0.05) is 11.1 Å². The second kappa shape index (κ2) is 5.89. The van der Waals surface area contributed by atoms with Gasteiger partial charge in [-0.05, 0) is 30.5 Å². The third-order valence-corrected chi connectivity index (χ3v) is 4.42. The van der Waals surface area contributed by atoms with Crippen LogP contribution in [0.5, 0.6) is 0 Å². The molecule has 2 heteroatoms. The van der Waals surface area contributed by atoms with E-state index in [-0.39, 0.29) is 0 Å². The Morgan fingerprint density at radius 1 is 0.667 bits per heavy atom. The van der Waals surface area contributed by atoms with Crippen molar-refractivity contribution >= 4 is 11.4 Å². The molecule has 0 radical (unpaired) electrons. The SMILES string of the molecule is CC(=NN=C1c2ccccc2-c2ccccc21)c1ccc(C)cc1. The maximum atomic E-state index is 4.61. The van der Waals surface area contributed by atoms with E-state index in [0.717, 1.165) is 28.1 Å². The first-order chi connectivity index (χ1) is 11.7. The van der Waals surface area contributed by atoms with E-state index < -0.39 is 0 Å². The fourth-order valence-electron chi connectivity index (χ4n) is 3.08. The monoisotopic (exact) mass is 310 g/mol. The highest BCUT2D eigenvalue weighted by molar-refractivity contribution is 6.24. The molecule has 0 aromatic heterocycles. The molecule has 0 fully saturated rings. The lowest BCUT2D eigenvalue weighted by Gasteiger charge is -2.01. The Morgan fingerprint density at radius 3 is 1.71 bits per heavy atom. The van der Waals surface area contributed by atoms with E-state index in [4.69, 9.17) is 0 Å². The van der Waals surface area contributed by atoms with Gasteiger partial charge < -0.3 is 0 Å². The molecule has 0 aliphatic heterocycles. The van der Waals surface area contributed by atoms with Gasteiger partial charge in [0.25, 0.3) is 0 Å². The average Bonchev–Trinajstić information content (AvgIpc) is 2.94. The van der Waals surface area contributed by atoms with Crippen LogP contribution in [-0.4, -0.2) is 11.4 Å². The molecule has 0 N–H and O–H groups in total. The molecule has 1 aliphatic carbocycles. The molecule has 0 saturated heterocycles. The molecule has 0 unspecified atom stereocenters. The summed E-state index contributed by atoms with van der Waals surface area (Å²) in [5, 5.41) is 9.12. The van der Waals surface area contributed by atoms with E-state index in [0.29, 0.717) is 0 Å². The quantitative estimate of drug-likeness (QED) is 0.357. The largest absolute Gasteiger partial charge is 0.155 e. The van der Waals surface area contributed by atoms with Crippen molar-refractivity contribution in [3.05, 3.63) is 95.1 Å². The molecule has 3 aromatic rings. The van der Waals surface area contributed by atoms with E-state index in [1.54, 1.807) is 0 Å². The van der Waals surface area contributed by atoms with Crippen molar-refractivity contribution in [1.82, 2.24) is 0 Å². The number of aryl methyl sites for hydroxylation is 1. The molecule has 4 rings (SSSR count). The molecule has 0 spiro atoms. The molecule has 24 heavy (non-hydrogen) atoms. The molecular weight excluding hydrogens is 292 g/mol. The number of rotatable bonds is 2. The molecule has 3 aromatic carbocycles. The second-order valence-corrected chi connectivity index (χ2v) is 6.09. The van der Waals surface area contributed by atoms with Crippen LogP contribution in [0.1, 0.15) is 29.2 Å². The van der Waals surface area contributed by atoms with E-state index in [2.05, 4.69) is 89.9 Å². The summed E-state index contributed by atoms with van der Waals surface area (Å²) in [7, 11) is 0. The van der Waals surface area contributed by atoms with Crippen molar-refractivity contribution in [2.45, 2.75) is 13.8 Å². The van der Waals surface area contributed by atoms with Crippen molar-refractivity contribution in [3.63, 3.8) is 0 Å². The third-order valence-electron chi connectivity index (χ3n) is 4.42. The minimum absolute atomic E-state index is 0.921. The van der Waals surface area contributed by atoms with Gasteiger partial charge in [-0.1, -0.05) is 78.4 Å². The van der Waals surface area contributed by atoms with Gasteiger partial charge in [-0.2, -0.15) is 5.10 Å². The van der Waals surface area contributed by atoms with Crippen LogP contribution in [0.4, 0.5) is 0 Å². The number of hydrogen-bond acceptors (Lipinski definition) is 2. The van der Waals surface area contributed by atoms with E-state index >= 15 is 0 Å². The lowest BCUT2D eigenvalue weighted by atomic mass is 10.1. The first kappa shape index (κ1) is 14.6. The van der Waals surface area contributed by atoms with Crippen LogP contribution in [0.2, 0.25) is 0 Å². The zero-order chi connectivity index (χ0) is 16.5. The van der Waals surface area contributed by atoms with Crippen LogP contribution < -0.4 is 0 Å². The zero-order valence-electron chi connectivity index (χ0n) is 13.8. The summed E-state index contributed by atoms with van der Waals surface area (Å²) >= 11 is 0. The second-order valence-electron chi connectivity index (χ2n) is 6.09. The van der Waals surface area contributed by atoms with Gasteiger partial charge in [-0.15, -0.1) is 5.10 Å². The topological polar surface area (TPSA) is 24.7 Å². The van der Waals surface area contributed by atoms with Crippen LogP contribution in [-0.2, 0) is 0 Å². The maximum absolute atomic E-state index is 4.61. The molecule has 0 saturated carbocycles. The summed E-state index contributed by atoms with van der Waals surface area (Å²) in [5.74, 6) is 0. The predicted octanol–water partition coefficient (Wildman–Crippen LogP) is 5.24. The van der Waals surface area contributed by atoms with Crippen LogP contribution >= 0.6 is 0 Å². The van der Waals surface area contributed by atoms with Gasteiger partial charge in [-0.25, -0.2) is 0 Å². The minimum atomic E-state index is 0.921. The Bertz CT molecular complexity index is 916. The van der Waals surface area contributed by atoms with E-state index in [1.165, 1.54) is 16.7 Å². The summed E-state index contributed by atoms with van der Waals surface area (Å²) in [5.41, 5.74) is 8.99. The molecule has 0 atom stereocenters. The van der Waals surface area contributed by atoms with Crippen molar-refractivity contribution in [2.24, 2.45) is 10.2 Å². The average molecular weight is 310 g/mol. The molecule has 1 aliphatic rings. The van der Waals surface area contributed by atoms with Crippen LogP contribution in [0.3, 0.4) is 0 Å². The standard InChI is InChI=1S/C22H18N2/c1-15-11-13-17(14-12-15)16(2)23-24-22-20-9-5-3-7-18(20)19-8-4-6-10-21(19)22/h3-14H,1-2H3. The molecule has 0 amide bonds. The molecule has 116 valence electrons. The summed E-state index contributed by atoms with van der Waals surface area (Å²) in [6.45, 7) is 4.09. The Labute approximate surface area is 142 Å². The minimum Gasteiger partial charge on any atom is -0.155 e. The first-order valence-electron chi connectivity index (χ1n) is 8.12. The first-order valence-corrected chi connectivity index (χ1v) is 8.12. The number of hydrogen-bond donors (Lipinski definition) is 0. The van der Waals surface area contributed by atoms with Gasteiger partial charge in [0.15, 0.2) is 0 Å². The van der Waals surface area contributed by atoms with Crippen LogP contribution in [0.25, 0.3) is 11.1 Å². The van der Waals surface area contributed by atoms with Gasteiger partial charge in [0.05, 0.1) is 5.71 Å². The molecular formula is C22H18N2. The van der Waals surface area contributed by atoms with Gasteiger partial charge in [0.1, 0.15) is 5.71 Å². The van der Waals surface area contributed by atoms with E-state index in [9.17, 15) is 0 Å². The summed E-state index contributed by atoms with van der Waals surface area (Å²) < 4.78 is 0. The highest BCUT2D eigenvalue weighted by Gasteiger charge is 2.23. The van der Waals surface area contributed by atoms with Crippen LogP contribution in [0, 0.1) is 6.92 Å².